The molecule has 25 heavy (non-hydrogen) atoms. The van der Waals surface area contributed by atoms with Gasteiger partial charge in [0.05, 0.1) is 12.2 Å². The summed E-state index contributed by atoms with van der Waals surface area (Å²) in [5.74, 6) is 0.752. The van der Waals surface area contributed by atoms with Crippen LogP contribution in [0.15, 0.2) is 0 Å². The van der Waals surface area contributed by atoms with E-state index < -0.39 is 0 Å². The van der Waals surface area contributed by atoms with Crippen LogP contribution in [-0.2, 0) is 9.53 Å². The Morgan fingerprint density at radius 1 is 1.20 bits per heavy atom. The summed E-state index contributed by atoms with van der Waals surface area (Å²) in [4.78, 5) is 15.4. The molecule has 5 nitrogen and oxygen atoms in total. The number of nitrogens with two attached hydrogens (primary N) is 1. The van der Waals surface area contributed by atoms with E-state index in [2.05, 4.69) is 24.1 Å². The second-order valence-corrected chi connectivity index (χ2v) is 9.07. The van der Waals surface area contributed by atoms with E-state index in [0.29, 0.717) is 12.5 Å². The van der Waals surface area contributed by atoms with Gasteiger partial charge >= 0.3 is 0 Å². The molecular weight excluding hydrogens is 314 g/mol. The third kappa shape index (κ3) is 4.37. The minimum Gasteiger partial charge on any atom is -0.373 e. The van der Waals surface area contributed by atoms with Crippen molar-refractivity contribution in [1.29, 1.82) is 0 Å². The van der Waals surface area contributed by atoms with Crippen molar-refractivity contribution >= 4 is 5.91 Å². The maximum absolute atomic E-state index is 12.8. The number of nitrogens with one attached hydrogen (secondary N) is 1. The van der Waals surface area contributed by atoms with Crippen LogP contribution in [-0.4, -0.2) is 54.7 Å². The largest absolute Gasteiger partial charge is 0.373 e. The number of carbonyl (C=O) groups excluding carboxylic acids is 1. The fraction of sp³-hybridized carbons (Fsp3) is 0.950. The lowest BCUT2D eigenvalue weighted by Gasteiger charge is -2.51. The Bertz CT molecular complexity index is 460. The smallest absolute Gasteiger partial charge is 0.223 e. The highest BCUT2D eigenvalue weighted by atomic mass is 16.5. The minimum absolute atomic E-state index is 0.0944. The predicted octanol–water partition coefficient (Wildman–Crippen LogP) is 2.29. The van der Waals surface area contributed by atoms with Crippen LogP contribution in [0.4, 0.5) is 0 Å². The van der Waals surface area contributed by atoms with E-state index in [1.54, 1.807) is 0 Å². The van der Waals surface area contributed by atoms with E-state index in [1.807, 2.05) is 0 Å². The van der Waals surface area contributed by atoms with Crippen LogP contribution < -0.4 is 11.1 Å². The number of hydrogen-bond acceptors (Lipinski definition) is 4. The second kappa shape index (κ2) is 7.93. The molecule has 0 aromatic rings. The van der Waals surface area contributed by atoms with Crippen molar-refractivity contribution in [1.82, 2.24) is 10.2 Å². The van der Waals surface area contributed by atoms with Crippen LogP contribution in [0.3, 0.4) is 0 Å². The molecule has 1 amide bonds. The van der Waals surface area contributed by atoms with Gasteiger partial charge in [-0.3, -0.25) is 9.69 Å². The summed E-state index contributed by atoms with van der Waals surface area (Å²) in [5, 5.41) is 3.35. The van der Waals surface area contributed by atoms with Gasteiger partial charge in [0.1, 0.15) is 0 Å². The van der Waals surface area contributed by atoms with E-state index in [-0.39, 0.29) is 23.0 Å². The summed E-state index contributed by atoms with van der Waals surface area (Å²) >= 11 is 0. The monoisotopic (exact) mass is 351 g/mol. The standard InChI is InChI=1S/C20H37N3O2/c1-19(2)15-23(11-12-25-19)20(9-4-3-5-10-20)14-22-18(24)17-8-6-7-16(17)13-21/h16-17H,3-15,21H2,1-2H3,(H,22,24)/t16-,17-/m1/s1. The molecule has 1 saturated heterocycles. The van der Waals surface area contributed by atoms with Gasteiger partial charge in [0, 0.05) is 31.1 Å². The van der Waals surface area contributed by atoms with E-state index in [1.165, 1.54) is 32.1 Å². The first kappa shape index (κ1) is 19.1. The summed E-state index contributed by atoms with van der Waals surface area (Å²) < 4.78 is 5.92. The lowest BCUT2D eigenvalue weighted by Crippen LogP contribution is -2.63. The Labute approximate surface area is 153 Å². The molecule has 0 bridgehead atoms. The molecule has 0 aromatic heterocycles. The molecule has 2 saturated carbocycles. The second-order valence-electron chi connectivity index (χ2n) is 9.07. The molecule has 3 aliphatic rings. The Balaban J connectivity index is 1.65. The lowest BCUT2D eigenvalue weighted by molar-refractivity contribution is -0.132. The first-order valence-electron chi connectivity index (χ1n) is 10.3. The van der Waals surface area contributed by atoms with E-state index in [9.17, 15) is 4.79 Å². The average Bonchev–Trinajstić information content (AvgIpc) is 3.08. The number of nitrogens with zero attached hydrogens (tertiary/aromatic N) is 1. The number of rotatable bonds is 5. The third-order valence-electron chi connectivity index (χ3n) is 6.77. The minimum atomic E-state index is -0.0944. The molecule has 144 valence electrons. The van der Waals surface area contributed by atoms with Crippen molar-refractivity contribution in [2.24, 2.45) is 17.6 Å². The van der Waals surface area contributed by atoms with Crippen molar-refractivity contribution < 1.29 is 9.53 Å². The zero-order chi connectivity index (χ0) is 17.9. The maximum atomic E-state index is 12.8. The van der Waals surface area contributed by atoms with E-state index >= 15 is 0 Å². The van der Waals surface area contributed by atoms with Gasteiger partial charge in [-0.25, -0.2) is 0 Å². The summed E-state index contributed by atoms with van der Waals surface area (Å²) in [7, 11) is 0. The van der Waals surface area contributed by atoms with Gasteiger partial charge in [0.25, 0.3) is 0 Å². The topological polar surface area (TPSA) is 67.6 Å². The molecule has 2 aliphatic carbocycles. The molecule has 3 N–H and O–H groups in total. The molecule has 1 heterocycles. The number of morpholine rings is 1. The SMILES string of the molecule is CC1(C)CN(C2(CNC(=O)[C@@H]3CCC[C@@H]3CN)CCCCC2)CCO1. The summed E-state index contributed by atoms with van der Waals surface area (Å²) in [6.45, 7) is 8.51. The first-order valence-corrected chi connectivity index (χ1v) is 10.3. The third-order valence-corrected chi connectivity index (χ3v) is 6.77. The van der Waals surface area contributed by atoms with Crippen molar-refractivity contribution in [2.45, 2.75) is 76.4 Å². The molecule has 0 radical (unpaired) electrons. The molecule has 0 unspecified atom stereocenters. The normalized spacial score (nSPS) is 32.4. The average molecular weight is 352 g/mol. The van der Waals surface area contributed by atoms with Gasteiger partial charge in [-0.2, -0.15) is 0 Å². The van der Waals surface area contributed by atoms with Gasteiger partial charge in [-0.15, -0.1) is 0 Å². The van der Waals surface area contributed by atoms with Crippen molar-refractivity contribution in [3.05, 3.63) is 0 Å². The first-order chi connectivity index (χ1) is 12.0. The molecule has 5 heteroatoms. The quantitative estimate of drug-likeness (QED) is 0.797. The fourth-order valence-electron chi connectivity index (χ4n) is 5.28. The van der Waals surface area contributed by atoms with Gasteiger partial charge in [-0.1, -0.05) is 25.7 Å². The number of hydrogen-bond donors (Lipinski definition) is 2. The van der Waals surface area contributed by atoms with E-state index in [4.69, 9.17) is 10.5 Å². The molecule has 0 spiro atoms. The number of ether oxygens (including phenoxy) is 1. The summed E-state index contributed by atoms with van der Waals surface area (Å²) in [5.41, 5.74) is 5.89. The molecule has 2 atom stereocenters. The fourth-order valence-corrected chi connectivity index (χ4v) is 5.28. The van der Waals surface area contributed by atoms with Crippen molar-refractivity contribution in [2.75, 3.05) is 32.8 Å². The van der Waals surface area contributed by atoms with Crippen molar-refractivity contribution in [3.8, 4) is 0 Å². The van der Waals surface area contributed by atoms with Crippen molar-refractivity contribution in [3.63, 3.8) is 0 Å². The summed E-state index contributed by atoms with van der Waals surface area (Å²) in [6.07, 6.45) is 9.49. The molecule has 3 fully saturated rings. The Kier molecular flexibility index (Phi) is 6.07. The van der Waals surface area contributed by atoms with Crippen LogP contribution in [0.5, 0.6) is 0 Å². The molecular formula is C20H37N3O2. The van der Waals surface area contributed by atoms with Gasteiger partial charge < -0.3 is 15.8 Å². The Morgan fingerprint density at radius 2 is 1.96 bits per heavy atom. The highest BCUT2D eigenvalue weighted by Crippen LogP contribution is 2.36. The van der Waals surface area contributed by atoms with Gasteiger partial charge in [-0.05, 0) is 52.0 Å². The molecule has 3 rings (SSSR count). The zero-order valence-corrected chi connectivity index (χ0v) is 16.2. The number of carbonyl (C=O) groups is 1. The van der Waals surface area contributed by atoms with Crippen LogP contribution in [0.2, 0.25) is 0 Å². The molecule has 0 aromatic carbocycles. The maximum Gasteiger partial charge on any atom is 0.223 e. The van der Waals surface area contributed by atoms with Crippen LogP contribution in [0.25, 0.3) is 0 Å². The van der Waals surface area contributed by atoms with Crippen LogP contribution in [0.1, 0.15) is 65.2 Å². The number of amides is 1. The predicted molar refractivity (Wildman–Crippen MR) is 100 cm³/mol. The summed E-state index contributed by atoms with van der Waals surface area (Å²) in [6, 6.07) is 0. The van der Waals surface area contributed by atoms with Crippen LogP contribution >= 0.6 is 0 Å². The van der Waals surface area contributed by atoms with Gasteiger partial charge in [0.2, 0.25) is 5.91 Å². The van der Waals surface area contributed by atoms with Crippen LogP contribution in [0, 0.1) is 11.8 Å². The van der Waals surface area contributed by atoms with Gasteiger partial charge in [0.15, 0.2) is 0 Å². The van der Waals surface area contributed by atoms with E-state index in [0.717, 1.165) is 45.5 Å². The highest BCUT2D eigenvalue weighted by molar-refractivity contribution is 5.79. The Hall–Kier alpha value is -0.650. The zero-order valence-electron chi connectivity index (χ0n) is 16.2. The lowest BCUT2D eigenvalue weighted by atomic mass is 9.79. The highest BCUT2D eigenvalue weighted by Gasteiger charge is 2.43. The Morgan fingerprint density at radius 3 is 2.64 bits per heavy atom. The molecule has 1 aliphatic heterocycles.